The first kappa shape index (κ1) is 96.2. The van der Waals surface area contributed by atoms with Crippen molar-refractivity contribution in [2.75, 3.05) is 52.9 Å². The van der Waals surface area contributed by atoms with E-state index in [0.717, 1.165) is 20.8 Å². The summed E-state index contributed by atoms with van der Waals surface area (Å²) < 4.78 is 53.8. The van der Waals surface area contributed by atoms with Crippen LogP contribution in [0, 0.1) is 0 Å². The molecule has 0 bridgehead atoms. The maximum atomic E-state index is 12.5. The fourth-order valence-corrected chi connectivity index (χ4v) is 4.34. The molecule has 0 amide bonds. The highest BCUT2D eigenvalue weighted by molar-refractivity contribution is 7.10. The lowest BCUT2D eigenvalue weighted by Crippen LogP contribution is -2.47. The smallest absolute Gasteiger partial charge is 0.189 e. The van der Waals surface area contributed by atoms with Gasteiger partial charge in [-0.15, -0.1) is 0 Å². The van der Waals surface area contributed by atoms with Crippen LogP contribution in [-0.2, 0) is 56.5 Å². The van der Waals surface area contributed by atoms with Gasteiger partial charge in [-0.2, -0.15) is 0 Å². The SMILES string of the molecule is CC(F)C(O)C(O)C(O)C(=O)CO.CC(F)C(O)C(O)C(O)C(=O)COP.CC(F)C(O)C=O.CC(O)C(O)C(O)C(O)C(=O)CO.CC(O)C(O)C(O)C(O)C(=O)COP.CC(O)C(O)C=O.O=C(CO)COP.O=C(CO)COP. The second kappa shape index (κ2) is 59.2. The standard InChI is InChI=1S/C7H14FO5P.C7H13FO5.C7H15O6P.C7H14O6.C4H7FO2.C4H8O3.2C3H7O3P/c1-3(8)5(10)7(12)6(11)4(9)2-13-14;1-3(8)5(11)7(13)6(12)4(10)2-9;1-3(8)5(10)7(12)6(11)4(9)2-13-14;1-3(9)5(11)7(13)6(12)4(10)2-8;1-3(5)4(7)2-6;1-3(6)4(7)2-5;2*4-1-3(5)2-6-7/h3,5-7,10-12H,2,14H2,1H3;3,5-7,9,11-13H,2H2,1H3;3,5-8,10-12H,2,14H2,1H3;3,5-9,11-13H,2H2,1H3;2-4,7H,1H3;2-4,6-7H,1H3;2*4H,1-2,7H2. The summed E-state index contributed by atoms with van der Waals surface area (Å²) in [6, 6.07) is 0. The van der Waals surface area contributed by atoms with Crippen LogP contribution in [0.4, 0.5) is 13.2 Å². The molecule has 0 rings (SSSR count). The molecular formula is C42H85F3O33P4. The first-order chi connectivity index (χ1) is 37.6. The average Bonchev–Trinajstić information content (AvgIpc) is 3.44. The van der Waals surface area contributed by atoms with Crippen LogP contribution in [0.1, 0.15) is 41.5 Å². The molecule has 0 aliphatic rings. The highest BCUT2D eigenvalue weighted by Crippen LogP contribution is 2.11. The number of hydrogen-bond acceptors (Lipinski definition) is 33. The summed E-state index contributed by atoms with van der Waals surface area (Å²) in [6.45, 7) is 3.24. The van der Waals surface area contributed by atoms with Gasteiger partial charge in [0.05, 0.1) is 18.3 Å². The second-order valence-corrected chi connectivity index (χ2v) is 17.4. The molecule has 0 aliphatic heterocycles. The molecule has 0 spiro atoms. The molecule has 24 atom stereocenters. The van der Waals surface area contributed by atoms with Crippen molar-refractivity contribution in [2.45, 2.75) is 164 Å². The Labute approximate surface area is 477 Å². The predicted octanol–water partition coefficient (Wildman–Crippen LogP) is -10.8. The van der Waals surface area contributed by atoms with Crippen molar-refractivity contribution in [2.24, 2.45) is 0 Å². The number of aliphatic hydroxyl groups is 21. The Hall–Kier alpha value is -2.13. The van der Waals surface area contributed by atoms with Gasteiger partial charge in [0.1, 0.15) is 157 Å². The largest absolute Gasteiger partial charge is 0.391 e. The van der Waals surface area contributed by atoms with Crippen LogP contribution in [0.15, 0.2) is 0 Å². The minimum absolute atomic E-state index is 0.0266. The fraction of sp³-hybridized carbons (Fsp3) is 0.810. The molecule has 40 heteroatoms. The molecule has 24 unspecified atom stereocenters. The van der Waals surface area contributed by atoms with Crippen LogP contribution >= 0.6 is 37.9 Å². The summed E-state index contributed by atoms with van der Waals surface area (Å²) >= 11 is 0. The van der Waals surface area contributed by atoms with Crippen LogP contribution in [0.2, 0.25) is 0 Å². The Kier molecular flexibility index (Phi) is 69.5. The zero-order chi connectivity index (χ0) is 66.9. The topological polar surface area (TPSA) is 598 Å². The van der Waals surface area contributed by atoms with Gasteiger partial charge in [-0.25, -0.2) is 13.2 Å². The lowest BCUT2D eigenvalue weighted by atomic mass is 10.0. The van der Waals surface area contributed by atoms with Crippen LogP contribution < -0.4 is 0 Å². The predicted molar refractivity (Wildman–Crippen MR) is 284 cm³/mol. The van der Waals surface area contributed by atoms with Crippen LogP contribution in [0.5, 0.6) is 0 Å². The quantitative estimate of drug-likeness (QED) is 0.0220. The van der Waals surface area contributed by atoms with E-state index in [0.29, 0.717) is 6.29 Å². The molecular weight excluding hydrogens is 1210 g/mol. The molecule has 0 heterocycles. The number of carbonyl (C=O) groups excluding carboxylic acids is 8. The van der Waals surface area contributed by atoms with E-state index in [2.05, 4.69) is 18.1 Å². The first-order valence-electron chi connectivity index (χ1n) is 22.9. The molecule has 0 aliphatic carbocycles. The molecule has 492 valence electrons. The van der Waals surface area contributed by atoms with E-state index in [9.17, 15) is 61.7 Å². The van der Waals surface area contributed by atoms with Crippen molar-refractivity contribution in [3.05, 3.63) is 0 Å². The molecule has 21 N–H and O–H groups in total. The van der Waals surface area contributed by atoms with Gasteiger partial charge in [0.2, 0.25) is 0 Å². The highest BCUT2D eigenvalue weighted by Gasteiger charge is 2.35. The molecule has 0 aromatic carbocycles. The average molecular weight is 1300 g/mol. The molecule has 0 saturated carbocycles. The van der Waals surface area contributed by atoms with Gasteiger partial charge in [0, 0.05) is 37.9 Å². The Morgan fingerprint density at radius 1 is 0.341 bits per heavy atom. The number of halogens is 3. The Morgan fingerprint density at radius 3 is 0.695 bits per heavy atom. The second-order valence-electron chi connectivity index (χ2n) is 16.0. The van der Waals surface area contributed by atoms with Crippen molar-refractivity contribution in [3.8, 4) is 0 Å². The summed E-state index contributed by atoms with van der Waals surface area (Å²) in [5.41, 5.74) is 0. The Balaban J connectivity index is -0.000000130. The fourth-order valence-electron chi connectivity index (χ4n) is 3.64. The maximum Gasteiger partial charge on any atom is 0.189 e. The monoisotopic (exact) mass is 1300 g/mol. The number of ketones is 6. The van der Waals surface area contributed by atoms with E-state index >= 15 is 0 Å². The number of carbonyl (C=O) groups is 8. The Morgan fingerprint density at radius 2 is 0.573 bits per heavy atom. The van der Waals surface area contributed by atoms with E-state index in [1.807, 2.05) is 28.4 Å². The highest BCUT2D eigenvalue weighted by atomic mass is 31.0. The van der Waals surface area contributed by atoms with Crippen molar-refractivity contribution in [3.63, 3.8) is 0 Å². The van der Waals surface area contributed by atoms with Gasteiger partial charge in [-0.05, 0) is 41.5 Å². The van der Waals surface area contributed by atoms with Crippen molar-refractivity contribution < 1.29 is 177 Å². The summed E-state index contributed by atoms with van der Waals surface area (Å²) in [6.07, 6.45) is -32.1. The van der Waals surface area contributed by atoms with Gasteiger partial charge in [0.15, 0.2) is 47.3 Å². The number of hydrogen-bond donors (Lipinski definition) is 21. The summed E-state index contributed by atoms with van der Waals surface area (Å²) in [4.78, 5) is 82.2. The van der Waals surface area contributed by atoms with Crippen LogP contribution in [0.3, 0.4) is 0 Å². The molecule has 0 aromatic rings. The van der Waals surface area contributed by atoms with E-state index < -0.39 is 185 Å². The molecule has 33 nitrogen and oxygen atoms in total. The third kappa shape index (κ3) is 52.2. The van der Waals surface area contributed by atoms with Crippen molar-refractivity contribution >= 4 is 85.1 Å². The summed E-state index contributed by atoms with van der Waals surface area (Å²) in [5, 5.41) is 184. The van der Waals surface area contributed by atoms with Crippen molar-refractivity contribution in [1.29, 1.82) is 0 Å². The van der Waals surface area contributed by atoms with Gasteiger partial charge >= 0.3 is 0 Å². The summed E-state index contributed by atoms with van der Waals surface area (Å²) in [5.74, 6) is -4.29. The first-order valence-corrected chi connectivity index (χ1v) is 24.8. The zero-order valence-electron chi connectivity index (χ0n) is 45.1. The molecule has 82 heavy (non-hydrogen) atoms. The van der Waals surface area contributed by atoms with Crippen LogP contribution in [0.25, 0.3) is 0 Å². The molecule has 0 radical (unpaired) electrons. The van der Waals surface area contributed by atoms with E-state index in [1.54, 1.807) is 9.47 Å². The molecule has 0 aromatic heterocycles. The maximum absolute atomic E-state index is 12.5. The number of alkyl halides is 3. The van der Waals surface area contributed by atoms with Gasteiger partial charge in [0.25, 0.3) is 0 Å². The summed E-state index contributed by atoms with van der Waals surface area (Å²) in [7, 11) is 7.45. The zero-order valence-corrected chi connectivity index (χ0v) is 49.7. The Bertz CT molecular complexity index is 1520. The van der Waals surface area contributed by atoms with E-state index in [4.69, 9.17) is 97.0 Å². The molecule has 0 fully saturated rings. The minimum Gasteiger partial charge on any atom is -0.391 e. The third-order valence-corrected chi connectivity index (χ3v) is 9.46. The van der Waals surface area contributed by atoms with Gasteiger partial charge in [-0.3, -0.25) is 28.8 Å². The van der Waals surface area contributed by atoms with Crippen molar-refractivity contribution in [1.82, 2.24) is 0 Å². The molecule has 0 saturated heterocycles. The lowest BCUT2D eigenvalue weighted by molar-refractivity contribution is -0.146. The number of Topliss-reactive ketones (excluding diaryl/α,β-unsaturated/α-hetero) is 6. The number of aliphatic hydroxyl groups excluding tert-OH is 21. The normalized spacial score (nSPS) is 17.9. The van der Waals surface area contributed by atoms with Gasteiger partial charge in [-0.1, -0.05) is 0 Å². The lowest BCUT2D eigenvalue weighted by Gasteiger charge is -2.23. The van der Waals surface area contributed by atoms with Gasteiger partial charge < -0.3 is 135 Å². The minimum atomic E-state index is -1.96. The van der Waals surface area contributed by atoms with Crippen LogP contribution in [-0.4, -0.2) is 330 Å². The van der Waals surface area contributed by atoms with E-state index in [1.165, 1.54) is 20.8 Å². The number of rotatable bonds is 32. The number of aldehydes is 2. The third-order valence-electron chi connectivity index (χ3n) is 8.79. The van der Waals surface area contributed by atoms with E-state index in [-0.39, 0.29) is 31.1 Å².